The number of ether oxygens (including phenoxy) is 17. The number of nitrogens with one attached hydrogen (secondary N) is 4. The number of aliphatic hydroxyl groups is 24. The predicted octanol–water partition coefficient (Wildman–Crippen LogP) is -19.0. The Hall–Kier alpha value is -3.76. The van der Waals surface area contributed by atoms with Crippen LogP contribution in [0.3, 0.4) is 0 Å². The maximum absolute atomic E-state index is 13.0. The molecule has 4 amide bonds. The fourth-order valence-corrected chi connectivity index (χ4v) is 14.4. The van der Waals surface area contributed by atoms with E-state index in [9.17, 15) is 142 Å². The molecule has 0 aromatic heterocycles. The molecule has 9 aliphatic heterocycles. The summed E-state index contributed by atoms with van der Waals surface area (Å²) in [5, 5.41) is 274. The van der Waals surface area contributed by atoms with Crippen LogP contribution in [-0.4, -0.2) is 475 Å². The minimum absolute atomic E-state index is 0.863. The molecule has 111 heavy (non-hydrogen) atoms. The summed E-state index contributed by atoms with van der Waals surface area (Å²) in [6.07, 6.45) is -80.3. The van der Waals surface area contributed by atoms with Gasteiger partial charge in [0.05, 0.1) is 59.0 Å². The van der Waals surface area contributed by atoms with Gasteiger partial charge in [-0.2, -0.15) is 0 Å². The first-order chi connectivity index (χ1) is 52.5. The van der Waals surface area contributed by atoms with Crippen molar-refractivity contribution < 1.29 is 222 Å². The average Bonchev–Trinajstić information content (AvgIpc) is 0.770. The topological polar surface area (TPSA) is 759 Å². The van der Waals surface area contributed by atoms with Gasteiger partial charge in [-0.3, -0.25) is 19.2 Å². The third-order valence-electron chi connectivity index (χ3n) is 20.3. The highest BCUT2D eigenvalue weighted by molar-refractivity contribution is 5.74. The number of rotatable bonds is 28. The van der Waals surface area contributed by atoms with Gasteiger partial charge in [-0.15, -0.1) is 0 Å². The van der Waals surface area contributed by atoms with Crippen LogP contribution in [-0.2, 0) is 99.7 Å². The summed E-state index contributed by atoms with van der Waals surface area (Å²) >= 11 is 0. The van der Waals surface area contributed by atoms with Gasteiger partial charge in [0.25, 0.3) is 0 Å². The summed E-state index contributed by atoms with van der Waals surface area (Å²) in [5.41, 5.74) is 0. The van der Waals surface area contributed by atoms with Gasteiger partial charge in [0.1, 0.15) is 213 Å². The highest BCUT2D eigenvalue weighted by Crippen LogP contribution is 2.40. The molecule has 49 nitrogen and oxygen atoms in total. The van der Waals surface area contributed by atoms with Crippen molar-refractivity contribution in [3.05, 3.63) is 0 Å². The van der Waals surface area contributed by atoms with Crippen LogP contribution in [0.15, 0.2) is 0 Å². The van der Waals surface area contributed by atoms with Gasteiger partial charge in [0.15, 0.2) is 56.6 Å². The molecule has 9 aliphatic rings. The monoisotopic (exact) mass is 1620 g/mol. The molecule has 0 saturated carbocycles. The standard InChI is InChI=1S/C62H104N4O45/c1-14-31(78)40(87)43(90)58(96-14)111-53-42(89)33(80)20(7-68)101-62(53)107-49-23(10-71)102-55(27(37(49)84)63-15(2)74)95-13-26-36(83)50(30(54(94)97-26)66-18(5)77)108-61-46(93)52(35(82)22(9-70)100-61)110-57-29(65-17(4)76)39(86)48(25(12-73)104-57)106-60-45(92)51(34(81)21(8-69)99-60)109-56-28(64-16(3)75)38(85)47(24(11-72)103-56)105-59-44(91)41(88)32(79)19(6-67)98-59/h14,19-62,67-73,78-94H,6-13H2,1-5H3,(H,63,74)(H,64,75)(H,65,76)(H,66,77)/t14-,19+,20+,21+,22+,23+,24+,25+,26+,27+,28+,29+,30+,31+,32-,33-,34-,35-,36-,37+,38+,39+,40+,41-,42-,43-,44+,45+,46+,47+,48+,49+,50+,51-,52-,53+,54-,55+,56-,57-,58-,59-,60-,61-,62-/m0/s1. The number of hydrogen-bond donors (Lipinski definition) is 28. The third kappa shape index (κ3) is 20.2. The van der Waals surface area contributed by atoms with Crippen LogP contribution in [0.1, 0.15) is 34.6 Å². The number of carbonyl (C=O) groups is 4. The first kappa shape index (κ1) is 91.1. The molecule has 0 unspecified atom stereocenters. The largest absolute Gasteiger partial charge is 0.394 e. The van der Waals surface area contributed by atoms with Crippen LogP contribution in [0.25, 0.3) is 0 Å². The molecule has 9 rings (SSSR count). The van der Waals surface area contributed by atoms with Crippen molar-refractivity contribution in [3.8, 4) is 0 Å². The Labute approximate surface area is 629 Å². The second-order valence-corrected chi connectivity index (χ2v) is 28.1. The summed E-state index contributed by atoms with van der Waals surface area (Å²) in [5.74, 6) is -3.58. The Bertz CT molecular complexity index is 2950. The van der Waals surface area contributed by atoms with E-state index in [1.807, 2.05) is 0 Å². The van der Waals surface area contributed by atoms with Crippen molar-refractivity contribution in [2.45, 2.75) is 311 Å². The molecule has 0 aromatic carbocycles. The number of carbonyl (C=O) groups excluding carboxylic acids is 4. The molecule has 0 aliphatic carbocycles. The van der Waals surface area contributed by atoms with Gasteiger partial charge >= 0.3 is 0 Å². The Balaban J connectivity index is 0.897. The average molecular weight is 1630 g/mol. The van der Waals surface area contributed by atoms with E-state index in [0.29, 0.717) is 0 Å². The van der Waals surface area contributed by atoms with Crippen LogP contribution >= 0.6 is 0 Å². The van der Waals surface area contributed by atoms with Crippen molar-refractivity contribution in [3.63, 3.8) is 0 Å². The maximum atomic E-state index is 13.0. The molecule has 0 spiro atoms. The van der Waals surface area contributed by atoms with Gasteiger partial charge in [0, 0.05) is 27.7 Å². The fraction of sp³-hybridized carbons (Fsp3) is 0.935. The highest BCUT2D eigenvalue weighted by Gasteiger charge is 2.61. The molecule has 45 atom stereocenters. The fourth-order valence-electron chi connectivity index (χ4n) is 14.4. The second kappa shape index (κ2) is 39.7. The van der Waals surface area contributed by atoms with Crippen LogP contribution < -0.4 is 21.3 Å². The van der Waals surface area contributed by atoms with Gasteiger partial charge in [-0.1, -0.05) is 0 Å². The van der Waals surface area contributed by atoms with Gasteiger partial charge in [-0.25, -0.2) is 0 Å². The van der Waals surface area contributed by atoms with E-state index >= 15 is 0 Å². The van der Waals surface area contributed by atoms with Gasteiger partial charge in [0.2, 0.25) is 23.6 Å². The van der Waals surface area contributed by atoms with E-state index in [4.69, 9.17) is 80.5 Å². The van der Waals surface area contributed by atoms with E-state index < -0.39 is 353 Å². The Morgan fingerprint density at radius 2 is 0.541 bits per heavy atom. The third-order valence-corrected chi connectivity index (χ3v) is 20.3. The maximum Gasteiger partial charge on any atom is 0.217 e. The Morgan fingerprint density at radius 3 is 0.946 bits per heavy atom. The van der Waals surface area contributed by atoms with E-state index in [2.05, 4.69) is 21.3 Å². The quantitative estimate of drug-likeness (QED) is 0.0346. The summed E-state index contributed by atoms with van der Waals surface area (Å²) in [4.78, 5) is 51.1. The van der Waals surface area contributed by atoms with Crippen LogP contribution in [0, 0.1) is 0 Å². The van der Waals surface area contributed by atoms with E-state index in [1.54, 1.807) is 0 Å². The number of hydrogen-bond acceptors (Lipinski definition) is 45. The summed E-state index contributed by atoms with van der Waals surface area (Å²) in [6, 6.07) is -7.35. The molecular weight excluding hydrogens is 1520 g/mol. The summed E-state index contributed by atoms with van der Waals surface area (Å²) in [7, 11) is 0. The first-order valence-corrected chi connectivity index (χ1v) is 35.5. The molecule has 9 heterocycles. The molecule has 49 heteroatoms. The summed E-state index contributed by atoms with van der Waals surface area (Å²) in [6.45, 7) is -3.12. The molecule has 9 saturated heterocycles. The van der Waals surface area contributed by atoms with Crippen LogP contribution in [0.4, 0.5) is 0 Å². The smallest absolute Gasteiger partial charge is 0.217 e. The van der Waals surface area contributed by atoms with Crippen molar-refractivity contribution in [1.82, 2.24) is 21.3 Å². The minimum Gasteiger partial charge on any atom is -0.394 e. The zero-order valence-corrected chi connectivity index (χ0v) is 59.9. The zero-order valence-electron chi connectivity index (χ0n) is 59.9. The SMILES string of the molecule is CC(=O)N[C@@H]1[C@@H](O[C@@H]2O[C@H](CO)[C@H](O)[C@H](O[C@@H]3O[C@H](CO)[C@@H](O[C@@H]4O[C@H](CO)[C@H](O)[C@H](O[C@@H]5O[C@H](CO)[C@@H](O[C@@H]6O[C@H](CO)[C@H](O)[C@H](O)[C@H]6O)[C@H](O)[C@H]5NC(C)=O)[C@H]4O)[C@H](O)[C@H]3NC(C)=O)[C@H]2O)[C@@H](O)[C@@H](CO[C@@H]2O[C@H](CO)[C@@H](O[C@@H]3O[C@H](CO)[C@H](O)[C@H](O)[C@H]3O[C@@H]3O[C@@H](C)[C@@H](O)[C@@H](O)[C@@H]3O)[C@H](O)[C@H]2NC(C)=O)O[C@@H]1O. The molecule has 642 valence electrons. The first-order valence-electron chi connectivity index (χ1n) is 35.5. The predicted molar refractivity (Wildman–Crippen MR) is 342 cm³/mol. The van der Waals surface area contributed by atoms with E-state index in [1.165, 1.54) is 6.92 Å². The van der Waals surface area contributed by atoms with E-state index in [0.717, 1.165) is 27.7 Å². The molecule has 0 bridgehead atoms. The summed E-state index contributed by atoms with van der Waals surface area (Å²) < 4.78 is 99.3. The van der Waals surface area contributed by atoms with Gasteiger partial charge in [-0.05, 0) is 6.92 Å². The lowest BCUT2D eigenvalue weighted by molar-refractivity contribution is -0.386. The molecule has 0 radical (unpaired) electrons. The van der Waals surface area contributed by atoms with Crippen molar-refractivity contribution in [2.24, 2.45) is 0 Å². The van der Waals surface area contributed by atoms with Crippen LogP contribution in [0.2, 0.25) is 0 Å². The Morgan fingerprint density at radius 1 is 0.252 bits per heavy atom. The zero-order chi connectivity index (χ0) is 81.8. The van der Waals surface area contributed by atoms with Crippen molar-refractivity contribution in [2.75, 3.05) is 52.9 Å². The number of amides is 4. The van der Waals surface area contributed by atoms with Crippen molar-refractivity contribution in [1.29, 1.82) is 0 Å². The van der Waals surface area contributed by atoms with E-state index in [-0.39, 0.29) is 0 Å². The molecule has 9 fully saturated rings. The second-order valence-electron chi connectivity index (χ2n) is 28.1. The van der Waals surface area contributed by atoms with Crippen LogP contribution in [0.5, 0.6) is 0 Å². The molecule has 0 aromatic rings. The normalized spacial score (nSPS) is 49.3. The lowest BCUT2D eigenvalue weighted by atomic mass is 9.93. The molecular formula is C62H104N4O45. The lowest BCUT2D eigenvalue weighted by Gasteiger charge is -2.51. The Kier molecular flexibility index (Phi) is 32.6. The lowest BCUT2D eigenvalue weighted by Crippen LogP contribution is -2.71. The molecule has 28 N–H and O–H groups in total. The number of aliphatic hydroxyl groups excluding tert-OH is 24. The minimum atomic E-state index is -2.37. The highest BCUT2D eigenvalue weighted by atomic mass is 16.8. The van der Waals surface area contributed by atoms with Crippen molar-refractivity contribution >= 4 is 23.6 Å². The van der Waals surface area contributed by atoms with Gasteiger partial charge < -0.3 is 224 Å².